The second-order valence-corrected chi connectivity index (χ2v) is 29.6. The molecule has 0 saturated carbocycles. The van der Waals surface area contributed by atoms with Crippen LogP contribution in [-0.2, 0) is 57.0 Å². The van der Waals surface area contributed by atoms with Crippen LogP contribution >= 0.6 is 0 Å². The number of allylic oxidation sites excluding steroid dienone is 3. The molecule has 105 heavy (non-hydrogen) atoms. The molecule has 0 aromatic heterocycles. The minimum absolute atomic E-state index is 0.187. The van der Waals surface area contributed by atoms with Crippen LogP contribution in [0.25, 0.3) is 0 Å². The summed E-state index contributed by atoms with van der Waals surface area (Å²) in [7, 11) is 0. The van der Waals surface area contributed by atoms with Crippen LogP contribution in [0.5, 0.6) is 0 Å². The maximum absolute atomic E-state index is 13.6. The van der Waals surface area contributed by atoms with Gasteiger partial charge in [0.1, 0.15) is 116 Å². The van der Waals surface area contributed by atoms with Gasteiger partial charge in [0.05, 0.1) is 51.3 Å². The van der Waals surface area contributed by atoms with E-state index < -0.39 is 205 Å². The first-order valence-electron chi connectivity index (χ1n) is 40.0. The molecule has 5 fully saturated rings. The summed E-state index contributed by atoms with van der Waals surface area (Å²) in [5.74, 6) is -1.18. The number of hydrogen-bond donors (Lipinski definition) is 17. The summed E-state index contributed by atoms with van der Waals surface area (Å²) in [6.45, 7) is 2.57. The van der Waals surface area contributed by atoms with Gasteiger partial charge in [-0.2, -0.15) is 0 Å². The summed E-state index contributed by atoms with van der Waals surface area (Å²) in [5.41, 5.74) is 0. The normalized spacial score (nSPS) is 34.6. The number of aliphatic hydroxyl groups is 15. The van der Waals surface area contributed by atoms with E-state index in [0.717, 1.165) is 58.3 Å². The summed E-state index contributed by atoms with van der Waals surface area (Å²) >= 11 is 0. The standard InChI is InChI=1S/C76H138N2O27/c1-5-7-9-11-13-15-17-19-20-21-22-23-24-25-26-27-28-30-32-34-36-38-40-42-56(85)78-50(51(84)41-39-37-35-33-31-29-18-16-14-12-10-8-6-2)47-96-73-66(94)63(91)68(54(45-81)101-73)102-76-67(95)71(60(88)53(44-80)99-76)105-72-57(77-49(4)83)70(104-75-65(93)62(90)59(87)52(43-79)98-75)69(55(46-82)100-72)103-74-64(92)61(89)58(86)48(3)97-74/h19-20,39,41,48,50-55,57-76,79-82,84,86-95H,5-18,21-38,40,42-47H2,1-4H3,(H,77,83)(H,78,85)/b20-19-,41-39+/t48?,50-,51+,52?,53?,54?,55?,57?,58+,59-,60-,61?,62-,63+,64-,65?,66?,67?,68+,69+,70+,71-,72-,73+,74+,75-,76-/m0/s1. The molecule has 614 valence electrons. The maximum Gasteiger partial charge on any atom is 0.220 e. The van der Waals surface area contributed by atoms with Crippen LogP contribution in [0.2, 0.25) is 0 Å². The van der Waals surface area contributed by atoms with Crippen molar-refractivity contribution in [1.82, 2.24) is 10.6 Å². The van der Waals surface area contributed by atoms with E-state index in [-0.39, 0.29) is 12.3 Å². The summed E-state index contributed by atoms with van der Waals surface area (Å²) in [5, 5.41) is 171. The number of nitrogens with one attached hydrogen (secondary N) is 2. The monoisotopic (exact) mass is 1510 g/mol. The average molecular weight is 1510 g/mol. The molecule has 29 heteroatoms. The molecule has 0 bridgehead atoms. The molecule has 0 aliphatic carbocycles. The van der Waals surface area contributed by atoms with Crippen molar-refractivity contribution in [3.63, 3.8) is 0 Å². The van der Waals surface area contributed by atoms with E-state index in [9.17, 15) is 86.2 Å². The Morgan fingerprint density at radius 1 is 0.390 bits per heavy atom. The van der Waals surface area contributed by atoms with Gasteiger partial charge in [0.2, 0.25) is 11.8 Å². The highest BCUT2D eigenvalue weighted by Gasteiger charge is 2.58. The predicted octanol–water partition coefficient (Wildman–Crippen LogP) is 3.53. The fourth-order valence-electron chi connectivity index (χ4n) is 14.3. The zero-order valence-corrected chi connectivity index (χ0v) is 63.1. The second kappa shape index (κ2) is 52.6. The molecular formula is C76H138N2O27. The maximum atomic E-state index is 13.6. The van der Waals surface area contributed by atoms with Gasteiger partial charge in [0.25, 0.3) is 0 Å². The second-order valence-electron chi connectivity index (χ2n) is 29.6. The van der Waals surface area contributed by atoms with Gasteiger partial charge in [0, 0.05) is 13.3 Å². The van der Waals surface area contributed by atoms with Crippen LogP contribution in [0.4, 0.5) is 0 Å². The minimum atomic E-state index is -2.19. The Labute approximate surface area is 622 Å². The van der Waals surface area contributed by atoms with Crippen LogP contribution in [0.15, 0.2) is 24.3 Å². The lowest BCUT2D eigenvalue weighted by Gasteiger charge is -2.51. The first-order valence-corrected chi connectivity index (χ1v) is 40.0. The third-order valence-corrected chi connectivity index (χ3v) is 20.8. The van der Waals surface area contributed by atoms with E-state index in [1.54, 1.807) is 6.08 Å². The molecule has 27 atom stereocenters. The molecule has 17 N–H and O–H groups in total. The quantitative estimate of drug-likeness (QED) is 0.0306. The molecule has 0 aromatic rings. The van der Waals surface area contributed by atoms with Gasteiger partial charge >= 0.3 is 0 Å². The number of unbranched alkanes of at least 4 members (excludes halogenated alkanes) is 30. The number of rotatable bonds is 54. The Kier molecular flexibility index (Phi) is 46.6. The van der Waals surface area contributed by atoms with Gasteiger partial charge in [-0.3, -0.25) is 9.59 Å². The molecule has 5 heterocycles. The number of carbonyl (C=O) groups excluding carboxylic acids is 2. The van der Waals surface area contributed by atoms with E-state index in [4.69, 9.17) is 47.4 Å². The van der Waals surface area contributed by atoms with Gasteiger partial charge in [0.15, 0.2) is 31.5 Å². The minimum Gasteiger partial charge on any atom is -0.394 e. The molecule has 0 aromatic carbocycles. The van der Waals surface area contributed by atoms with Gasteiger partial charge < -0.3 is 135 Å². The van der Waals surface area contributed by atoms with E-state index in [1.807, 2.05) is 6.08 Å². The number of hydrogen-bond acceptors (Lipinski definition) is 27. The molecule has 2 amide bonds. The Bertz CT molecular complexity index is 2320. The number of amides is 2. The van der Waals surface area contributed by atoms with Crippen molar-refractivity contribution < 1.29 is 134 Å². The van der Waals surface area contributed by atoms with Crippen molar-refractivity contribution in [2.24, 2.45) is 0 Å². The zero-order valence-electron chi connectivity index (χ0n) is 63.1. The molecule has 5 rings (SSSR count). The molecule has 5 aliphatic heterocycles. The third kappa shape index (κ3) is 31.5. The number of ether oxygens (including phenoxy) is 10. The van der Waals surface area contributed by atoms with E-state index in [1.165, 1.54) is 155 Å². The fourth-order valence-corrected chi connectivity index (χ4v) is 14.3. The smallest absolute Gasteiger partial charge is 0.220 e. The number of aliphatic hydroxyl groups excluding tert-OH is 15. The Morgan fingerprint density at radius 2 is 0.771 bits per heavy atom. The SMILES string of the molecule is CCCCCCCC/C=C\CCCCCCCCCCCCCCCC(=O)N[C@@H](CO[C@@H]1OC(CO)[C@@H](O[C@@H]2OC(CO)[C@H](O)[C@H](O[C@@H]3OC(CO)[C@@H](O[C@H]4OC(C)[C@@H](O)C(O)[C@@H]4O)[C@H](O[C@@H]4OC(CO)[C@H](O)[C@H](O)C4O)C3NC(C)=O)C2O)[C@H](O)C1O)[C@H](O)/C=C/CCCCCCCCCCCCC. The first-order chi connectivity index (χ1) is 50.7. The molecule has 10 unspecified atom stereocenters. The largest absolute Gasteiger partial charge is 0.394 e. The van der Waals surface area contributed by atoms with Crippen LogP contribution in [-0.4, -0.2) is 287 Å². The Hall–Kier alpha value is -2.58. The van der Waals surface area contributed by atoms with Gasteiger partial charge in [-0.05, 0) is 51.9 Å². The molecule has 29 nitrogen and oxygen atoms in total. The van der Waals surface area contributed by atoms with Gasteiger partial charge in [-0.25, -0.2) is 0 Å². The van der Waals surface area contributed by atoms with Gasteiger partial charge in [-0.15, -0.1) is 0 Å². The summed E-state index contributed by atoms with van der Waals surface area (Å²) in [4.78, 5) is 26.7. The lowest BCUT2D eigenvalue weighted by Crippen LogP contribution is -2.71. The van der Waals surface area contributed by atoms with E-state index >= 15 is 0 Å². The van der Waals surface area contributed by atoms with Crippen molar-refractivity contribution in [3.8, 4) is 0 Å². The average Bonchev–Trinajstić information content (AvgIpc) is 0.762. The van der Waals surface area contributed by atoms with Crippen LogP contribution in [0.1, 0.15) is 246 Å². The van der Waals surface area contributed by atoms with E-state index in [2.05, 4.69) is 36.6 Å². The predicted molar refractivity (Wildman–Crippen MR) is 385 cm³/mol. The molecule has 5 saturated heterocycles. The highest BCUT2D eigenvalue weighted by atomic mass is 16.8. The summed E-state index contributed by atoms with van der Waals surface area (Å²) in [6.07, 6.45) is 1.55. The molecule has 5 aliphatic rings. The van der Waals surface area contributed by atoms with E-state index in [0.29, 0.717) is 12.8 Å². The third-order valence-electron chi connectivity index (χ3n) is 20.8. The van der Waals surface area contributed by atoms with Crippen LogP contribution in [0.3, 0.4) is 0 Å². The highest BCUT2D eigenvalue weighted by Crippen LogP contribution is 2.38. The summed E-state index contributed by atoms with van der Waals surface area (Å²) < 4.78 is 59.8. The first kappa shape index (κ1) is 93.0. The van der Waals surface area contributed by atoms with Crippen molar-refractivity contribution >= 4 is 11.8 Å². The lowest BCUT2D eigenvalue weighted by atomic mass is 9.93. The molecule has 0 spiro atoms. The molecular weight excluding hydrogens is 1370 g/mol. The summed E-state index contributed by atoms with van der Waals surface area (Å²) in [6, 6.07) is -2.85. The van der Waals surface area contributed by atoms with Crippen molar-refractivity contribution in [3.05, 3.63) is 24.3 Å². The Morgan fingerprint density at radius 3 is 1.27 bits per heavy atom. The van der Waals surface area contributed by atoms with Crippen molar-refractivity contribution in [1.29, 1.82) is 0 Å². The lowest BCUT2D eigenvalue weighted by molar-refractivity contribution is -0.391. The van der Waals surface area contributed by atoms with Crippen molar-refractivity contribution in [2.45, 2.75) is 412 Å². The Balaban J connectivity index is 1.20. The van der Waals surface area contributed by atoms with Crippen molar-refractivity contribution in [2.75, 3.05) is 33.0 Å². The highest BCUT2D eigenvalue weighted by molar-refractivity contribution is 5.76. The topological polar surface area (TPSA) is 454 Å². The number of carbonyl (C=O) groups is 2. The fraction of sp³-hybridized carbons (Fsp3) is 0.921. The molecule has 0 radical (unpaired) electrons. The zero-order chi connectivity index (χ0) is 76.6. The van der Waals surface area contributed by atoms with Gasteiger partial charge in [-0.1, -0.05) is 205 Å². The van der Waals surface area contributed by atoms with Crippen LogP contribution < -0.4 is 10.6 Å². The van der Waals surface area contributed by atoms with Crippen LogP contribution in [0, 0.1) is 0 Å².